The molecule has 1 fully saturated rings. The van der Waals surface area contributed by atoms with E-state index in [1.54, 1.807) is 21.3 Å². The van der Waals surface area contributed by atoms with E-state index in [0.29, 0.717) is 30.2 Å². The van der Waals surface area contributed by atoms with E-state index in [1.165, 1.54) is 0 Å². The van der Waals surface area contributed by atoms with E-state index in [-0.39, 0.29) is 6.04 Å². The monoisotopic (exact) mass is 435 g/mol. The average molecular weight is 436 g/mol. The summed E-state index contributed by atoms with van der Waals surface area (Å²) in [5.74, 6) is 0.988. The Balaban J connectivity index is 1.94. The zero-order chi connectivity index (χ0) is 22.7. The molecular weight excluding hydrogens is 406 g/mol. The van der Waals surface area contributed by atoms with Gasteiger partial charge in [0.25, 0.3) is 0 Å². The second kappa shape index (κ2) is 9.49. The molecule has 1 aliphatic rings. The Hall–Kier alpha value is -3.25. The maximum atomic E-state index is 12.2. The molecule has 6 heteroatoms. The molecule has 1 saturated heterocycles. The molecule has 0 aromatic heterocycles. The molecule has 0 amide bonds. The van der Waals surface area contributed by atoms with Crippen molar-refractivity contribution in [2.75, 3.05) is 27.9 Å². The lowest BCUT2D eigenvalue weighted by Gasteiger charge is -2.40. The second-order valence-corrected chi connectivity index (χ2v) is 8.05. The van der Waals surface area contributed by atoms with Crippen LogP contribution in [-0.4, -0.2) is 49.9 Å². The number of rotatable bonds is 7. The molecule has 0 radical (unpaired) electrons. The van der Waals surface area contributed by atoms with Crippen molar-refractivity contribution >= 4 is 16.7 Å². The number of fused-ring (bicyclic) bond motifs is 1. The van der Waals surface area contributed by atoms with Crippen LogP contribution in [0, 0.1) is 0 Å². The minimum absolute atomic E-state index is 0.309. The largest absolute Gasteiger partial charge is 0.496 e. The highest BCUT2D eigenvalue weighted by molar-refractivity contribution is 5.83. The number of ether oxygens (including phenoxy) is 3. The van der Waals surface area contributed by atoms with Gasteiger partial charge in [-0.25, -0.2) is 0 Å². The predicted octanol–water partition coefficient (Wildman–Crippen LogP) is 4.89. The van der Waals surface area contributed by atoms with Gasteiger partial charge in [0.05, 0.1) is 27.4 Å². The first-order valence-electron chi connectivity index (χ1n) is 10.8. The average Bonchev–Trinajstić information content (AvgIpc) is 2.84. The molecule has 2 atom stereocenters. The van der Waals surface area contributed by atoms with Crippen molar-refractivity contribution < 1.29 is 24.1 Å². The van der Waals surface area contributed by atoms with Crippen molar-refractivity contribution in [3.8, 4) is 17.2 Å². The van der Waals surface area contributed by atoms with Gasteiger partial charge in [0.15, 0.2) is 11.5 Å². The number of benzene rings is 3. The molecule has 4 rings (SSSR count). The van der Waals surface area contributed by atoms with Crippen LogP contribution in [0.2, 0.25) is 0 Å². The highest BCUT2D eigenvalue weighted by Crippen LogP contribution is 2.44. The van der Waals surface area contributed by atoms with Gasteiger partial charge in [-0.3, -0.25) is 9.69 Å². The number of likely N-dealkylation sites (tertiary alicyclic amines) is 1. The standard InChI is InChI=1S/C26H29NO5/c1-30-22-16-24(32-3)23(31-2)15-20(22)25(27-13-7-6-10-21(27)26(28)29)19-12-11-17-8-4-5-9-18(17)14-19/h4-5,8-9,11-12,14-16,21,25H,6-7,10,13H2,1-3H3,(H,28,29). The van der Waals surface area contributed by atoms with Gasteiger partial charge in [0, 0.05) is 11.6 Å². The van der Waals surface area contributed by atoms with E-state index < -0.39 is 12.0 Å². The fourth-order valence-corrected chi connectivity index (χ4v) is 4.72. The van der Waals surface area contributed by atoms with Crippen LogP contribution in [-0.2, 0) is 4.79 Å². The third kappa shape index (κ3) is 4.10. The smallest absolute Gasteiger partial charge is 0.320 e. The van der Waals surface area contributed by atoms with Gasteiger partial charge in [-0.1, -0.05) is 42.8 Å². The van der Waals surface area contributed by atoms with Crippen LogP contribution in [0.4, 0.5) is 0 Å². The van der Waals surface area contributed by atoms with E-state index in [4.69, 9.17) is 14.2 Å². The van der Waals surface area contributed by atoms with Crippen molar-refractivity contribution in [2.45, 2.75) is 31.3 Å². The molecule has 1 aliphatic heterocycles. The number of methoxy groups -OCH3 is 3. The van der Waals surface area contributed by atoms with Crippen LogP contribution < -0.4 is 14.2 Å². The van der Waals surface area contributed by atoms with Crippen molar-refractivity contribution in [1.82, 2.24) is 4.90 Å². The summed E-state index contributed by atoms with van der Waals surface area (Å²) in [4.78, 5) is 14.3. The molecule has 3 aromatic rings. The molecule has 2 unspecified atom stereocenters. The first kappa shape index (κ1) is 22.0. The van der Waals surface area contributed by atoms with Gasteiger partial charge in [-0.15, -0.1) is 0 Å². The molecule has 1 N–H and O–H groups in total. The zero-order valence-electron chi connectivity index (χ0n) is 18.7. The van der Waals surface area contributed by atoms with Crippen molar-refractivity contribution in [3.05, 3.63) is 65.7 Å². The number of carboxylic acids is 1. The van der Waals surface area contributed by atoms with Crippen molar-refractivity contribution in [2.24, 2.45) is 0 Å². The maximum absolute atomic E-state index is 12.2. The number of carboxylic acid groups (broad SMARTS) is 1. The summed E-state index contributed by atoms with van der Waals surface area (Å²) in [6, 6.07) is 17.3. The Morgan fingerprint density at radius 2 is 1.59 bits per heavy atom. The molecule has 0 aliphatic carbocycles. The summed E-state index contributed by atoms with van der Waals surface area (Å²) >= 11 is 0. The van der Waals surface area contributed by atoms with Gasteiger partial charge in [-0.2, -0.15) is 0 Å². The van der Waals surface area contributed by atoms with Gasteiger partial charge in [0.1, 0.15) is 11.8 Å². The Bertz CT molecular complexity index is 1110. The molecule has 6 nitrogen and oxygen atoms in total. The fraction of sp³-hybridized carbons (Fsp3) is 0.346. The lowest BCUT2D eigenvalue weighted by atomic mass is 9.90. The van der Waals surface area contributed by atoms with E-state index in [2.05, 4.69) is 35.2 Å². The fourth-order valence-electron chi connectivity index (χ4n) is 4.72. The number of aliphatic carboxylic acids is 1. The number of hydrogen-bond acceptors (Lipinski definition) is 5. The van der Waals surface area contributed by atoms with Crippen LogP contribution in [0.25, 0.3) is 10.8 Å². The number of nitrogens with zero attached hydrogens (tertiary/aromatic N) is 1. The number of hydrogen-bond donors (Lipinski definition) is 1. The quantitative estimate of drug-likeness (QED) is 0.570. The lowest BCUT2D eigenvalue weighted by Crippen LogP contribution is -2.46. The maximum Gasteiger partial charge on any atom is 0.320 e. The van der Waals surface area contributed by atoms with Crippen molar-refractivity contribution in [1.29, 1.82) is 0 Å². The molecule has 168 valence electrons. The topological polar surface area (TPSA) is 68.2 Å². The summed E-state index contributed by atoms with van der Waals surface area (Å²) in [5.41, 5.74) is 1.87. The van der Waals surface area contributed by atoms with Gasteiger partial charge in [-0.05, 0) is 47.9 Å². The Morgan fingerprint density at radius 3 is 2.28 bits per heavy atom. The molecule has 0 bridgehead atoms. The first-order chi connectivity index (χ1) is 15.6. The molecule has 0 saturated carbocycles. The first-order valence-corrected chi connectivity index (χ1v) is 10.8. The SMILES string of the molecule is COc1cc(OC)c(C(c2ccc3ccccc3c2)N2CCCCC2C(=O)O)cc1OC. The summed E-state index contributed by atoms with van der Waals surface area (Å²) in [6.45, 7) is 0.686. The number of carbonyl (C=O) groups is 1. The second-order valence-electron chi connectivity index (χ2n) is 8.05. The summed E-state index contributed by atoms with van der Waals surface area (Å²) in [5, 5.41) is 12.3. The van der Waals surface area contributed by atoms with E-state index in [0.717, 1.165) is 34.7 Å². The third-order valence-electron chi connectivity index (χ3n) is 6.28. The molecule has 3 aromatic carbocycles. The predicted molar refractivity (Wildman–Crippen MR) is 124 cm³/mol. The highest BCUT2D eigenvalue weighted by Gasteiger charge is 2.37. The molecule has 0 spiro atoms. The third-order valence-corrected chi connectivity index (χ3v) is 6.28. The van der Waals surface area contributed by atoms with Gasteiger partial charge >= 0.3 is 5.97 Å². The van der Waals surface area contributed by atoms with Crippen LogP contribution in [0.1, 0.15) is 36.4 Å². The van der Waals surface area contributed by atoms with Crippen LogP contribution in [0.15, 0.2) is 54.6 Å². The lowest BCUT2D eigenvalue weighted by molar-refractivity contribution is -0.145. The van der Waals surface area contributed by atoms with Crippen LogP contribution >= 0.6 is 0 Å². The summed E-state index contributed by atoms with van der Waals surface area (Å²) in [7, 11) is 4.80. The Kier molecular flexibility index (Phi) is 6.51. The van der Waals surface area contributed by atoms with E-state index in [9.17, 15) is 9.90 Å². The number of piperidine rings is 1. The summed E-state index contributed by atoms with van der Waals surface area (Å²) in [6.07, 6.45) is 2.47. The normalized spacial score (nSPS) is 17.7. The zero-order valence-corrected chi connectivity index (χ0v) is 18.7. The minimum Gasteiger partial charge on any atom is -0.496 e. The van der Waals surface area contributed by atoms with E-state index in [1.807, 2.05) is 24.3 Å². The van der Waals surface area contributed by atoms with Crippen molar-refractivity contribution in [3.63, 3.8) is 0 Å². The molecular formula is C26H29NO5. The minimum atomic E-state index is -0.796. The van der Waals surface area contributed by atoms with Gasteiger partial charge < -0.3 is 19.3 Å². The Morgan fingerprint density at radius 1 is 0.906 bits per heavy atom. The highest BCUT2D eigenvalue weighted by atomic mass is 16.5. The van der Waals surface area contributed by atoms with E-state index >= 15 is 0 Å². The Labute approximate surface area is 188 Å². The molecule has 1 heterocycles. The van der Waals surface area contributed by atoms with Gasteiger partial charge in [0.2, 0.25) is 0 Å². The van der Waals surface area contributed by atoms with Crippen LogP contribution in [0.5, 0.6) is 17.2 Å². The summed E-state index contributed by atoms with van der Waals surface area (Å²) < 4.78 is 16.8. The van der Waals surface area contributed by atoms with Crippen LogP contribution in [0.3, 0.4) is 0 Å². The molecule has 32 heavy (non-hydrogen) atoms.